The van der Waals surface area contributed by atoms with Crippen molar-refractivity contribution in [1.29, 1.82) is 0 Å². The first-order chi connectivity index (χ1) is 7.22. The second-order valence-corrected chi connectivity index (χ2v) is 4.84. The predicted octanol–water partition coefficient (Wildman–Crippen LogP) is 1.01. The van der Waals surface area contributed by atoms with Crippen LogP contribution in [0.2, 0.25) is 0 Å². The normalized spacial score (nSPS) is 22.6. The van der Waals surface area contributed by atoms with E-state index < -0.39 is 0 Å². The molecular weight excluding hydrogens is 186 g/mol. The molecule has 1 fully saturated rings. The number of hydrogen-bond acceptors (Lipinski definition) is 3. The van der Waals surface area contributed by atoms with Gasteiger partial charge in [0.25, 0.3) is 0 Å². The Labute approximate surface area is 94.8 Å². The quantitative estimate of drug-likeness (QED) is 0.710. The van der Waals surface area contributed by atoms with Gasteiger partial charge >= 0.3 is 0 Å². The SMILES string of the molecule is CCN(CCN(C)C)CC1CCCCN1. The molecule has 1 heterocycles. The fourth-order valence-corrected chi connectivity index (χ4v) is 2.11. The van der Waals surface area contributed by atoms with Gasteiger partial charge < -0.3 is 15.1 Å². The third-order valence-corrected chi connectivity index (χ3v) is 3.20. The zero-order valence-corrected chi connectivity index (χ0v) is 10.6. The maximum Gasteiger partial charge on any atom is 0.0195 e. The summed E-state index contributed by atoms with van der Waals surface area (Å²) in [5.74, 6) is 0. The summed E-state index contributed by atoms with van der Waals surface area (Å²) >= 11 is 0. The van der Waals surface area contributed by atoms with Gasteiger partial charge in [-0.2, -0.15) is 0 Å². The van der Waals surface area contributed by atoms with Gasteiger partial charge in [-0.3, -0.25) is 0 Å². The van der Waals surface area contributed by atoms with Crippen LogP contribution in [-0.2, 0) is 0 Å². The Morgan fingerprint density at radius 1 is 1.20 bits per heavy atom. The van der Waals surface area contributed by atoms with Gasteiger partial charge in [0, 0.05) is 25.7 Å². The van der Waals surface area contributed by atoms with E-state index >= 15 is 0 Å². The number of rotatable bonds is 6. The smallest absolute Gasteiger partial charge is 0.0195 e. The third-order valence-electron chi connectivity index (χ3n) is 3.20. The monoisotopic (exact) mass is 213 g/mol. The average Bonchev–Trinajstić information content (AvgIpc) is 2.25. The van der Waals surface area contributed by atoms with Crippen LogP contribution >= 0.6 is 0 Å². The standard InChI is InChI=1S/C12H27N3/c1-4-15(10-9-14(2)3)11-12-7-5-6-8-13-12/h12-13H,4-11H2,1-3H3. The largest absolute Gasteiger partial charge is 0.313 e. The van der Waals surface area contributed by atoms with E-state index in [1.807, 2.05) is 0 Å². The maximum atomic E-state index is 3.62. The van der Waals surface area contributed by atoms with Gasteiger partial charge in [-0.1, -0.05) is 13.3 Å². The highest BCUT2D eigenvalue weighted by atomic mass is 15.2. The summed E-state index contributed by atoms with van der Waals surface area (Å²) in [4.78, 5) is 4.82. The molecule has 1 atom stereocenters. The van der Waals surface area contributed by atoms with Gasteiger partial charge in [-0.05, 0) is 40.0 Å². The molecule has 0 aromatic heterocycles. The highest BCUT2D eigenvalue weighted by Crippen LogP contribution is 2.08. The molecule has 0 aromatic rings. The Kier molecular flexibility index (Phi) is 6.22. The van der Waals surface area contributed by atoms with Crippen LogP contribution < -0.4 is 5.32 Å². The summed E-state index contributed by atoms with van der Waals surface area (Å²) in [5.41, 5.74) is 0. The lowest BCUT2D eigenvalue weighted by Gasteiger charge is -2.30. The molecule has 90 valence electrons. The molecule has 0 bridgehead atoms. The van der Waals surface area contributed by atoms with Crippen LogP contribution in [0.1, 0.15) is 26.2 Å². The van der Waals surface area contributed by atoms with Crippen molar-refractivity contribution in [3.63, 3.8) is 0 Å². The molecule has 0 amide bonds. The van der Waals surface area contributed by atoms with E-state index in [4.69, 9.17) is 0 Å². The zero-order valence-electron chi connectivity index (χ0n) is 10.6. The first kappa shape index (κ1) is 12.9. The van der Waals surface area contributed by atoms with Crippen LogP contribution in [0.5, 0.6) is 0 Å². The Bertz CT molecular complexity index is 153. The molecular formula is C12H27N3. The minimum absolute atomic E-state index is 0.737. The summed E-state index contributed by atoms with van der Waals surface area (Å²) in [6, 6.07) is 0.737. The number of nitrogens with zero attached hydrogens (tertiary/aromatic N) is 2. The fourth-order valence-electron chi connectivity index (χ4n) is 2.11. The van der Waals surface area contributed by atoms with Crippen molar-refractivity contribution >= 4 is 0 Å². The van der Waals surface area contributed by atoms with Gasteiger partial charge in [0.05, 0.1) is 0 Å². The molecule has 1 saturated heterocycles. The molecule has 1 rings (SSSR count). The third kappa shape index (κ3) is 5.50. The van der Waals surface area contributed by atoms with Crippen molar-refractivity contribution in [2.75, 3.05) is 46.8 Å². The molecule has 1 N–H and O–H groups in total. The summed E-state index contributed by atoms with van der Waals surface area (Å²) in [6.45, 7) is 8.24. The summed E-state index contributed by atoms with van der Waals surface area (Å²) in [6.07, 6.45) is 4.13. The van der Waals surface area contributed by atoms with Crippen LogP contribution in [0.3, 0.4) is 0 Å². The summed E-state index contributed by atoms with van der Waals surface area (Å²) in [7, 11) is 4.29. The molecule has 3 nitrogen and oxygen atoms in total. The zero-order chi connectivity index (χ0) is 11.1. The van der Waals surface area contributed by atoms with Gasteiger partial charge in [-0.15, -0.1) is 0 Å². The van der Waals surface area contributed by atoms with E-state index in [9.17, 15) is 0 Å². The highest BCUT2D eigenvalue weighted by Gasteiger charge is 2.15. The van der Waals surface area contributed by atoms with Crippen LogP contribution in [0.4, 0.5) is 0 Å². The minimum Gasteiger partial charge on any atom is -0.313 e. The molecule has 0 saturated carbocycles. The second kappa shape index (κ2) is 7.20. The van der Waals surface area contributed by atoms with Crippen molar-refractivity contribution in [2.45, 2.75) is 32.2 Å². The topological polar surface area (TPSA) is 18.5 Å². The summed E-state index contributed by atoms with van der Waals surface area (Å²) in [5, 5.41) is 3.62. The number of nitrogens with one attached hydrogen (secondary N) is 1. The molecule has 1 aliphatic rings. The van der Waals surface area contributed by atoms with E-state index in [0.717, 1.165) is 6.04 Å². The van der Waals surface area contributed by atoms with E-state index in [-0.39, 0.29) is 0 Å². The maximum absolute atomic E-state index is 3.62. The number of piperidine rings is 1. The average molecular weight is 213 g/mol. The van der Waals surface area contributed by atoms with Crippen LogP contribution in [0.25, 0.3) is 0 Å². The molecule has 0 aromatic carbocycles. The van der Waals surface area contributed by atoms with Gasteiger partial charge in [0.15, 0.2) is 0 Å². The van der Waals surface area contributed by atoms with Crippen LogP contribution in [-0.4, -0.2) is 62.7 Å². The van der Waals surface area contributed by atoms with Crippen molar-refractivity contribution in [1.82, 2.24) is 15.1 Å². The van der Waals surface area contributed by atoms with Gasteiger partial charge in [0.2, 0.25) is 0 Å². The Balaban J connectivity index is 2.19. The lowest BCUT2D eigenvalue weighted by molar-refractivity contribution is 0.213. The van der Waals surface area contributed by atoms with Gasteiger partial charge in [0.1, 0.15) is 0 Å². The highest BCUT2D eigenvalue weighted by molar-refractivity contribution is 4.76. The molecule has 3 heteroatoms. The first-order valence-corrected chi connectivity index (χ1v) is 6.33. The van der Waals surface area contributed by atoms with Crippen LogP contribution in [0.15, 0.2) is 0 Å². The van der Waals surface area contributed by atoms with E-state index in [1.165, 1.54) is 52.0 Å². The van der Waals surface area contributed by atoms with E-state index in [0.29, 0.717) is 0 Å². The second-order valence-electron chi connectivity index (χ2n) is 4.84. The number of hydrogen-bond donors (Lipinski definition) is 1. The van der Waals surface area contributed by atoms with Crippen molar-refractivity contribution < 1.29 is 0 Å². The first-order valence-electron chi connectivity index (χ1n) is 6.33. The Hall–Kier alpha value is -0.120. The molecule has 0 radical (unpaired) electrons. The molecule has 1 unspecified atom stereocenters. The molecule has 1 aliphatic heterocycles. The lowest BCUT2D eigenvalue weighted by atomic mass is 10.0. The number of likely N-dealkylation sites (N-methyl/N-ethyl adjacent to an activating group) is 2. The van der Waals surface area contributed by atoms with Crippen LogP contribution in [0, 0.1) is 0 Å². The lowest BCUT2D eigenvalue weighted by Crippen LogP contribution is -2.45. The van der Waals surface area contributed by atoms with E-state index in [2.05, 4.69) is 36.1 Å². The fraction of sp³-hybridized carbons (Fsp3) is 1.00. The predicted molar refractivity (Wildman–Crippen MR) is 66.3 cm³/mol. The Morgan fingerprint density at radius 2 is 2.00 bits per heavy atom. The van der Waals surface area contributed by atoms with E-state index in [1.54, 1.807) is 0 Å². The minimum atomic E-state index is 0.737. The molecule has 0 spiro atoms. The Morgan fingerprint density at radius 3 is 2.53 bits per heavy atom. The van der Waals surface area contributed by atoms with Crippen molar-refractivity contribution in [3.05, 3.63) is 0 Å². The molecule has 0 aliphatic carbocycles. The summed E-state index contributed by atoms with van der Waals surface area (Å²) < 4.78 is 0. The molecule has 15 heavy (non-hydrogen) atoms. The van der Waals surface area contributed by atoms with Crippen molar-refractivity contribution in [2.24, 2.45) is 0 Å². The van der Waals surface area contributed by atoms with Gasteiger partial charge in [-0.25, -0.2) is 0 Å². The van der Waals surface area contributed by atoms with Crippen molar-refractivity contribution in [3.8, 4) is 0 Å².